The average molecular weight is 554 g/mol. The van der Waals surface area contributed by atoms with Crippen molar-refractivity contribution in [1.29, 1.82) is 0 Å². The SMILES string of the molecule is CCNC(=NCC(O)COC(C)c1ccccc1)NCCc1cccc(C(=O)NC)c1.I. The summed E-state index contributed by atoms with van der Waals surface area (Å²) >= 11 is 0. The van der Waals surface area contributed by atoms with Crippen molar-refractivity contribution in [3.8, 4) is 0 Å². The first kappa shape index (κ1) is 27.9. The highest BCUT2D eigenvalue weighted by molar-refractivity contribution is 14.0. The zero-order chi connectivity index (χ0) is 22.5. The summed E-state index contributed by atoms with van der Waals surface area (Å²) < 4.78 is 5.77. The number of benzene rings is 2. The normalized spacial score (nSPS) is 12.9. The molecule has 0 aliphatic rings. The number of hydrogen-bond acceptors (Lipinski definition) is 4. The molecule has 0 aliphatic carbocycles. The fourth-order valence-corrected chi connectivity index (χ4v) is 3.00. The third-order valence-corrected chi connectivity index (χ3v) is 4.73. The maximum Gasteiger partial charge on any atom is 0.251 e. The molecule has 7 nitrogen and oxygen atoms in total. The highest BCUT2D eigenvalue weighted by Crippen LogP contribution is 2.15. The van der Waals surface area contributed by atoms with Gasteiger partial charge in [0, 0.05) is 25.7 Å². The summed E-state index contributed by atoms with van der Waals surface area (Å²) in [5, 5.41) is 19.3. The summed E-state index contributed by atoms with van der Waals surface area (Å²) in [6, 6.07) is 17.5. The first-order valence-corrected chi connectivity index (χ1v) is 10.7. The summed E-state index contributed by atoms with van der Waals surface area (Å²) in [5.41, 5.74) is 2.79. The smallest absolute Gasteiger partial charge is 0.251 e. The van der Waals surface area contributed by atoms with Crippen LogP contribution in [0.1, 0.15) is 41.4 Å². The highest BCUT2D eigenvalue weighted by atomic mass is 127. The number of carbonyl (C=O) groups is 1. The first-order valence-electron chi connectivity index (χ1n) is 10.7. The molecule has 0 spiro atoms. The minimum Gasteiger partial charge on any atom is -0.389 e. The molecular formula is C24H35IN4O3. The maximum atomic E-state index is 11.8. The fraction of sp³-hybridized carbons (Fsp3) is 0.417. The lowest BCUT2D eigenvalue weighted by atomic mass is 10.1. The Morgan fingerprint density at radius 3 is 2.56 bits per heavy atom. The van der Waals surface area contributed by atoms with Gasteiger partial charge in [0.1, 0.15) is 0 Å². The van der Waals surface area contributed by atoms with Crippen LogP contribution in [0, 0.1) is 0 Å². The van der Waals surface area contributed by atoms with Crippen LogP contribution in [0.3, 0.4) is 0 Å². The average Bonchev–Trinajstić information content (AvgIpc) is 2.81. The molecule has 1 amide bonds. The number of nitrogens with zero attached hydrogens (tertiary/aromatic N) is 1. The van der Waals surface area contributed by atoms with Crippen LogP contribution in [0.2, 0.25) is 0 Å². The van der Waals surface area contributed by atoms with Gasteiger partial charge in [-0.15, -0.1) is 24.0 Å². The second-order valence-electron chi connectivity index (χ2n) is 7.22. The number of guanidine groups is 1. The van der Waals surface area contributed by atoms with Gasteiger partial charge in [-0.3, -0.25) is 9.79 Å². The molecule has 0 saturated carbocycles. The largest absolute Gasteiger partial charge is 0.389 e. The van der Waals surface area contributed by atoms with Gasteiger partial charge in [-0.1, -0.05) is 42.5 Å². The third kappa shape index (κ3) is 9.97. The van der Waals surface area contributed by atoms with Crippen LogP contribution in [-0.4, -0.2) is 56.4 Å². The Bertz CT molecular complexity index is 833. The Morgan fingerprint density at radius 2 is 1.88 bits per heavy atom. The number of aliphatic hydroxyl groups is 1. The van der Waals surface area contributed by atoms with Gasteiger partial charge in [0.25, 0.3) is 5.91 Å². The number of ether oxygens (including phenoxy) is 1. The van der Waals surface area contributed by atoms with Gasteiger partial charge in [0.05, 0.1) is 25.4 Å². The second-order valence-corrected chi connectivity index (χ2v) is 7.22. The zero-order valence-corrected chi connectivity index (χ0v) is 21.3. The summed E-state index contributed by atoms with van der Waals surface area (Å²) in [6.07, 6.45) is -0.0298. The molecule has 0 heterocycles. The van der Waals surface area contributed by atoms with E-state index in [2.05, 4.69) is 20.9 Å². The minimum absolute atomic E-state index is 0. The molecule has 2 aromatic rings. The molecule has 32 heavy (non-hydrogen) atoms. The Hall–Kier alpha value is -2.17. The van der Waals surface area contributed by atoms with Crippen LogP contribution in [0.5, 0.6) is 0 Å². The van der Waals surface area contributed by atoms with Crippen LogP contribution < -0.4 is 16.0 Å². The van der Waals surface area contributed by atoms with Crippen molar-refractivity contribution in [2.24, 2.45) is 4.99 Å². The van der Waals surface area contributed by atoms with Gasteiger partial charge in [-0.25, -0.2) is 0 Å². The van der Waals surface area contributed by atoms with E-state index >= 15 is 0 Å². The molecule has 0 radical (unpaired) electrons. The molecule has 0 aromatic heterocycles. The predicted molar refractivity (Wildman–Crippen MR) is 140 cm³/mol. The van der Waals surface area contributed by atoms with Gasteiger partial charge in [0.2, 0.25) is 0 Å². The number of aliphatic imine (C=N–C) groups is 1. The lowest BCUT2D eigenvalue weighted by Gasteiger charge is -2.17. The first-order chi connectivity index (χ1) is 15.0. The lowest BCUT2D eigenvalue weighted by Crippen LogP contribution is -2.39. The molecule has 8 heteroatoms. The van der Waals surface area contributed by atoms with E-state index in [0.717, 1.165) is 24.1 Å². The number of amides is 1. The maximum absolute atomic E-state index is 11.8. The van der Waals surface area contributed by atoms with Gasteiger partial charge in [0.15, 0.2) is 5.96 Å². The monoisotopic (exact) mass is 554 g/mol. The topological polar surface area (TPSA) is 95.0 Å². The molecule has 0 fully saturated rings. The Labute approximate surface area is 208 Å². The Kier molecular flexibility index (Phi) is 13.6. The molecule has 2 unspecified atom stereocenters. The molecule has 2 aromatic carbocycles. The van der Waals surface area contributed by atoms with E-state index in [1.807, 2.05) is 62.4 Å². The van der Waals surface area contributed by atoms with Crippen molar-refractivity contribution < 1.29 is 14.6 Å². The van der Waals surface area contributed by atoms with E-state index in [1.54, 1.807) is 13.1 Å². The van der Waals surface area contributed by atoms with Crippen LogP contribution in [0.15, 0.2) is 59.6 Å². The molecule has 0 aliphatic heterocycles. The van der Waals surface area contributed by atoms with Gasteiger partial charge < -0.3 is 25.8 Å². The standard InChI is InChI=1S/C24H34N4O3.HI/c1-4-26-24(27-14-13-19-9-8-12-21(15-19)23(30)25-3)28-16-22(29)17-31-18(2)20-10-6-5-7-11-20;/h5-12,15,18,22,29H,4,13-14,16-17H2,1-3H3,(H,25,30)(H2,26,27,28);1H. The van der Waals surface area contributed by atoms with Gasteiger partial charge in [-0.05, 0) is 43.5 Å². The number of hydrogen-bond donors (Lipinski definition) is 4. The van der Waals surface area contributed by atoms with Crippen molar-refractivity contribution in [2.45, 2.75) is 32.5 Å². The molecule has 4 N–H and O–H groups in total. The number of rotatable bonds is 11. The zero-order valence-electron chi connectivity index (χ0n) is 19.0. The van der Waals surface area contributed by atoms with Crippen LogP contribution in [0.4, 0.5) is 0 Å². The number of nitrogens with one attached hydrogen (secondary N) is 3. The van der Waals surface area contributed by atoms with Gasteiger partial charge in [-0.2, -0.15) is 0 Å². The molecule has 0 saturated heterocycles. The van der Waals surface area contributed by atoms with E-state index in [-0.39, 0.29) is 49.1 Å². The molecule has 2 atom stereocenters. The van der Waals surface area contributed by atoms with Crippen LogP contribution >= 0.6 is 24.0 Å². The summed E-state index contributed by atoms with van der Waals surface area (Å²) in [5.74, 6) is 0.544. The highest BCUT2D eigenvalue weighted by Gasteiger charge is 2.10. The number of aliphatic hydroxyl groups excluding tert-OH is 1. The van der Waals surface area contributed by atoms with Crippen molar-refractivity contribution in [2.75, 3.05) is 33.3 Å². The lowest BCUT2D eigenvalue weighted by molar-refractivity contribution is 0.00112. The fourth-order valence-electron chi connectivity index (χ4n) is 3.00. The third-order valence-electron chi connectivity index (χ3n) is 4.73. The quantitative estimate of drug-likeness (QED) is 0.195. The summed E-state index contributed by atoms with van der Waals surface area (Å²) in [7, 11) is 1.62. The molecule has 2 rings (SSSR count). The number of halogens is 1. The van der Waals surface area contributed by atoms with E-state index in [1.165, 1.54) is 0 Å². The van der Waals surface area contributed by atoms with E-state index < -0.39 is 6.10 Å². The van der Waals surface area contributed by atoms with Crippen LogP contribution in [-0.2, 0) is 11.2 Å². The second kappa shape index (κ2) is 15.6. The van der Waals surface area contributed by atoms with Gasteiger partial charge >= 0.3 is 0 Å². The van der Waals surface area contributed by atoms with Crippen molar-refractivity contribution in [1.82, 2.24) is 16.0 Å². The van der Waals surface area contributed by atoms with E-state index in [4.69, 9.17) is 4.74 Å². The van der Waals surface area contributed by atoms with Crippen molar-refractivity contribution in [3.05, 3.63) is 71.3 Å². The molecule has 176 valence electrons. The van der Waals surface area contributed by atoms with Crippen LogP contribution in [0.25, 0.3) is 0 Å². The molecular weight excluding hydrogens is 519 g/mol. The Morgan fingerprint density at radius 1 is 1.12 bits per heavy atom. The van der Waals surface area contributed by atoms with E-state index in [9.17, 15) is 9.90 Å². The summed E-state index contributed by atoms with van der Waals surface area (Å²) in [4.78, 5) is 16.2. The summed E-state index contributed by atoms with van der Waals surface area (Å²) in [6.45, 7) is 5.78. The minimum atomic E-state index is -0.689. The Balaban J connectivity index is 0.00000512. The molecule has 0 bridgehead atoms. The number of carbonyl (C=O) groups excluding carboxylic acids is 1. The van der Waals surface area contributed by atoms with Crippen molar-refractivity contribution >= 4 is 35.8 Å². The van der Waals surface area contributed by atoms with Crippen molar-refractivity contribution in [3.63, 3.8) is 0 Å². The van der Waals surface area contributed by atoms with E-state index in [0.29, 0.717) is 18.1 Å². The predicted octanol–water partition coefficient (Wildman–Crippen LogP) is 2.90.